The Morgan fingerprint density at radius 1 is 1.03 bits per heavy atom. The van der Waals surface area contributed by atoms with Gasteiger partial charge in [-0.05, 0) is 30.5 Å². The minimum absolute atomic E-state index is 0.152. The van der Waals surface area contributed by atoms with E-state index in [4.69, 9.17) is 4.74 Å². The fourth-order valence-corrected chi connectivity index (χ4v) is 5.36. The highest BCUT2D eigenvalue weighted by molar-refractivity contribution is 7.89. The van der Waals surface area contributed by atoms with Gasteiger partial charge in [0.25, 0.3) is 5.91 Å². The lowest BCUT2D eigenvalue weighted by atomic mass is 10.2. The number of hydrogen-bond donors (Lipinski definition) is 1. The van der Waals surface area contributed by atoms with Gasteiger partial charge in [0.2, 0.25) is 10.0 Å². The number of benzene rings is 2. The van der Waals surface area contributed by atoms with Crippen molar-refractivity contribution in [3.63, 3.8) is 0 Å². The molecule has 168 valence electrons. The summed E-state index contributed by atoms with van der Waals surface area (Å²) in [5.74, 6) is 0.356. The normalized spacial score (nSPS) is 14.4. The molecule has 0 spiro atoms. The predicted molar refractivity (Wildman–Crippen MR) is 122 cm³/mol. The second-order valence-corrected chi connectivity index (χ2v) is 9.79. The number of aromatic nitrogens is 1. The molecule has 8 heteroatoms. The molecule has 2 aromatic carbocycles. The summed E-state index contributed by atoms with van der Waals surface area (Å²) < 4.78 is 34.6. The number of carbonyl (C=O) groups is 1. The van der Waals surface area contributed by atoms with Crippen molar-refractivity contribution < 1.29 is 17.9 Å². The molecule has 0 aliphatic carbocycles. The lowest BCUT2D eigenvalue weighted by Gasteiger charge is -2.13. The molecule has 0 unspecified atom stereocenters. The van der Waals surface area contributed by atoms with E-state index in [9.17, 15) is 13.2 Å². The fraction of sp³-hybridized carbons (Fsp3) is 0.292. The molecule has 2 heterocycles. The molecular weight excluding hydrogens is 426 g/mol. The number of sulfonamides is 1. The molecule has 1 fully saturated rings. The van der Waals surface area contributed by atoms with Gasteiger partial charge in [-0.25, -0.2) is 8.42 Å². The van der Waals surface area contributed by atoms with Crippen LogP contribution in [0, 0.1) is 0 Å². The molecule has 7 nitrogen and oxygen atoms in total. The number of carbonyl (C=O) groups excluding carboxylic acids is 1. The summed E-state index contributed by atoms with van der Waals surface area (Å²) in [6, 6.07) is 18.9. The molecule has 1 aromatic heterocycles. The molecule has 0 radical (unpaired) electrons. The van der Waals surface area contributed by atoms with E-state index in [-0.39, 0.29) is 17.3 Å². The van der Waals surface area contributed by atoms with E-state index < -0.39 is 10.0 Å². The van der Waals surface area contributed by atoms with Crippen molar-refractivity contribution in [2.75, 3.05) is 13.1 Å². The quantitative estimate of drug-likeness (QED) is 0.567. The summed E-state index contributed by atoms with van der Waals surface area (Å²) in [5, 5.41) is 2.88. The lowest BCUT2D eigenvalue weighted by molar-refractivity contribution is 0.0942. The smallest absolute Gasteiger partial charge is 0.268 e. The zero-order valence-corrected chi connectivity index (χ0v) is 18.8. The van der Waals surface area contributed by atoms with Crippen molar-refractivity contribution in [1.29, 1.82) is 0 Å². The maximum atomic E-state index is 12.8. The first-order valence-electron chi connectivity index (χ1n) is 10.6. The Morgan fingerprint density at radius 3 is 2.47 bits per heavy atom. The van der Waals surface area contributed by atoms with Crippen molar-refractivity contribution in [2.45, 2.75) is 30.9 Å². The van der Waals surface area contributed by atoms with Crippen LogP contribution in [-0.2, 0) is 30.2 Å². The van der Waals surface area contributed by atoms with Gasteiger partial charge in [0.15, 0.2) is 0 Å². The largest absolute Gasteiger partial charge is 0.489 e. The van der Waals surface area contributed by atoms with Crippen molar-refractivity contribution >= 4 is 15.9 Å². The topological polar surface area (TPSA) is 80.6 Å². The third-order valence-corrected chi connectivity index (χ3v) is 7.43. The minimum Gasteiger partial charge on any atom is -0.489 e. The minimum atomic E-state index is -3.57. The van der Waals surface area contributed by atoms with Gasteiger partial charge in [-0.2, -0.15) is 4.31 Å². The molecule has 1 aliphatic rings. The maximum Gasteiger partial charge on any atom is 0.268 e. The Hall–Kier alpha value is -3.10. The first kappa shape index (κ1) is 22.1. The highest BCUT2D eigenvalue weighted by Crippen LogP contribution is 2.23. The van der Waals surface area contributed by atoms with Crippen molar-refractivity contribution in [3.05, 3.63) is 83.7 Å². The number of rotatable bonds is 8. The molecule has 1 amide bonds. The van der Waals surface area contributed by atoms with E-state index in [1.54, 1.807) is 11.6 Å². The van der Waals surface area contributed by atoms with Gasteiger partial charge in [0, 0.05) is 38.4 Å². The average Bonchev–Trinajstić information content (AvgIpc) is 3.48. The van der Waals surface area contributed by atoms with Crippen LogP contribution in [0.1, 0.15) is 34.5 Å². The monoisotopic (exact) mass is 453 g/mol. The number of para-hydroxylation sites is 1. The molecule has 3 aromatic rings. The highest BCUT2D eigenvalue weighted by Gasteiger charge is 2.29. The third-order valence-electron chi connectivity index (χ3n) is 5.56. The third kappa shape index (κ3) is 4.87. The summed E-state index contributed by atoms with van der Waals surface area (Å²) in [6.45, 7) is 1.75. The Kier molecular flexibility index (Phi) is 6.62. The molecule has 1 saturated heterocycles. The number of nitrogens with one attached hydrogen (secondary N) is 1. The van der Waals surface area contributed by atoms with E-state index in [1.165, 1.54) is 16.6 Å². The number of hydrogen-bond acceptors (Lipinski definition) is 4. The van der Waals surface area contributed by atoms with Crippen LogP contribution in [0.3, 0.4) is 0 Å². The van der Waals surface area contributed by atoms with Crippen LogP contribution in [0.4, 0.5) is 0 Å². The number of aryl methyl sites for hydroxylation is 1. The van der Waals surface area contributed by atoms with Crippen LogP contribution >= 0.6 is 0 Å². The Balaban J connectivity index is 1.43. The first-order valence-corrected chi connectivity index (χ1v) is 12.1. The molecular formula is C24H27N3O4S. The van der Waals surface area contributed by atoms with Gasteiger partial charge >= 0.3 is 0 Å². The molecule has 4 rings (SSSR count). The second-order valence-electron chi connectivity index (χ2n) is 7.85. The first-order chi connectivity index (χ1) is 15.4. The van der Waals surface area contributed by atoms with E-state index in [2.05, 4.69) is 5.32 Å². The molecule has 1 N–H and O–H groups in total. The van der Waals surface area contributed by atoms with Crippen LogP contribution in [0.5, 0.6) is 5.75 Å². The summed E-state index contributed by atoms with van der Waals surface area (Å²) in [7, 11) is -1.89. The van der Waals surface area contributed by atoms with Crippen LogP contribution in [0.25, 0.3) is 0 Å². The van der Waals surface area contributed by atoms with Gasteiger partial charge in [0.1, 0.15) is 22.9 Å². The predicted octanol–water partition coefficient (Wildman–Crippen LogP) is 3.32. The van der Waals surface area contributed by atoms with E-state index in [1.807, 2.05) is 54.6 Å². The number of ether oxygens (including phenoxy) is 1. The summed E-state index contributed by atoms with van der Waals surface area (Å²) in [5.41, 5.74) is 2.20. The van der Waals surface area contributed by atoms with E-state index in [0.717, 1.165) is 24.0 Å². The van der Waals surface area contributed by atoms with Crippen molar-refractivity contribution in [1.82, 2.24) is 14.2 Å². The van der Waals surface area contributed by atoms with Crippen LogP contribution < -0.4 is 10.1 Å². The maximum absolute atomic E-state index is 12.8. The summed E-state index contributed by atoms with van der Waals surface area (Å²) >= 11 is 0. The molecule has 32 heavy (non-hydrogen) atoms. The number of nitrogens with zero attached hydrogens (tertiary/aromatic N) is 2. The van der Waals surface area contributed by atoms with Crippen LogP contribution in [-0.4, -0.2) is 36.3 Å². The Labute approximate surface area is 188 Å². The van der Waals surface area contributed by atoms with Crippen molar-refractivity contribution in [3.8, 4) is 5.75 Å². The van der Waals surface area contributed by atoms with Crippen molar-refractivity contribution in [2.24, 2.45) is 7.05 Å². The summed E-state index contributed by atoms with van der Waals surface area (Å²) in [4.78, 5) is 13.0. The van der Waals surface area contributed by atoms with Gasteiger partial charge in [-0.3, -0.25) is 4.79 Å². The van der Waals surface area contributed by atoms with Gasteiger partial charge in [0.05, 0.1) is 0 Å². The zero-order chi connectivity index (χ0) is 22.6. The fourth-order valence-electron chi connectivity index (χ4n) is 3.77. The van der Waals surface area contributed by atoms with Gasteiger partial charge in [-0.15, -0.1) is 0 Å². The average molecular weight is 454 g/mol. The van der Waals surface area contributed by atoms with Gasteiger partial charge in [-0.1, -0.05) is 48.5 Å². The summed E-state index contributed by atoms with van der Waals surface area (Å²) in [6.07, 6.45) is 3.23. The van der Waals surface area contributed by atoms with E-state index in [0.29, 0.717) is 31.1 Å². The van der Waals surface area contributed by atoms with Crippen LogP contribution in [0.15, 0.2) is 71.8 Å². The second kappa shape index (κ2) is 9.58. The molecule has 0 saturated carbocycles. The van der Waals surface area contributed by atoms with Crippen LogP contribution in [0.2, 0.25) is 0 Å². The number of amides is 1. The lowest BCUT2D eigenvalue weighted by Crippen LogP contribution is -2.27. The molecule has 1 aliphatic heterocycles. The Bertz CT molecular complexity index is 1180. The zero-order valence-electron chi connectivity index (χ0n) is 18.0. The highest BCUT2D eigenvalue weighted by atomic mass is 32.2. The van der Waals surface area contributed by atoms with E-state index >= 15 is 0 Å². The Morgan fingerprint density at radius 2 is 1.72 bits per heavy atom. The molecule has 0 atom stereocenters. The molecule has 0 bridgehead atoms. The standard InChI is InChI=1S/C24H27N3O4S/c1-26-17-21(32(29,30)27-13-7-8-14-27)15-22(26)24(28)25-16-20-11-5-6-12-23(20)31-18-19-9-3-2-4-10-19/h2-6,9-12,15,17H,7-8,13-14,16,18H2,1H3,(H,25,28). The SMILES string of the molecule is Cn1cc(S(=O)(=O)N2CCCC2)cc1C(=O)NCc1ccccc1OCc1ccccc1. The van der Waals surface area contributed by atoms with Gasteiger partial charge < -0.3 is 14.6 Å².